The van der Waals surface area contributed by atoms with Crippen molar-refractivity contribution in [3.63, 3.8) is 0 Å². The van der Waals surface area contributed by atoms with Gasteiger partial charge in [-0.05, 0) is 23.8 Å². The smallest absolute Gasteiger partial charge is 0.269 e. The van der Waals surface area contributed by atoms with Gasteiger partial charge in [-0.3, -0.25) is 15.1 Å². The molecule has 4 rings (SSSR count). The van der Waals surface area contributed by atoms with Gasteiger partial charge in [0.25, 0.3) is 5.69 Å². The lowest BCUT2D eigenvalue weighted by Gasteiger charge is -2.28. The Kier molecular flexibility index (Phi) is 8.99. The number of para-hydroxylation sites is 1. The number of pyridine rings is 1. The second-order valence-corrected chi connectivity index (χ2v) is 7.46. The van der Waals surface area contributed by atoms with E-state index in [1.54, 1.807) is 18.3 Å². The van der Waals surface area contributed by atoms with E-state index >= 15 is 0 Å². The number of hydrogen-bond acceptors (Lipinski definition) is 5. The van der Waals surface area contributed by atoms with Crippen LogP contribution in [0.1, 0.15) is 29.3 Å². The first-order chi connectivity index (χ1) is 15.7. The number of non-ortho nitro benzene ring substituents is 1. The quantitative estimate of drug-likeness (QED) is 0.146. The number of nitro groups is 1. The molecule has 3 aromatic rings. The van der Waals surface area contributed by atoms with Crippen LogP contribution in [0.25, 0.3) is 0 Å². The van der Waals surface area contributed by atoms with Gasteiger partial charge in [-0.25, -0.2) is 4.99 Å². The van der Waals surface area contributed by atoms with Crippen LogP contribution in [0.2, 0.25) is 0 Å². The SMILES string of the molecule is I.O=[N+]([O-])c1ccc(CN=C(NCCc2ccccn2)NC2CCOc3ccccc32)cc1. The fourth-order valence-electron chi connectivity index (χ4n) is 3.56. The summed E-state index contributed by atoms with van der Waals surface area (Å²) >= 11 is 0. The highest BCUT2D eigenvalue weighted by atomic mass is 127. The molecule has 172 valence electrons. The Labute approximate surface area is 209 Å². The molecule has 0 bridgehead atoms. The molecule has 0 radical (unpaired) electrons. The van der Waals surface area contributed by atoms with E-state index < -0.39 is 4.92 Å². The van der Waals surface area contributed by atoms with E-state index in [1.165, 1.54) is 12.1 Å². The van der Waals surface area contributed by atoms with Crippen molar-refractivity contribution in [1.29, 1.82) is 0 Å². The van der Waals surface area contributed by atoms with Gasteiger partial charge in [0, 0.05) is 49.0 Å². The summed E-state index contributed by atoms with van der Waals surface area (Å²) in [4.78, 5) is 19.6. The first-order valence-corrected chi connectivity index (χ1v) is 10.6. The van der Waals surface area contributed by atoms with E-state index in [4.69, 9.17) is 9.73 Å². The predicted molar refractivity (Wildman–Crippen MR) is 138 cm³/mol. The Morgan fingerprint density at radius 3 is 2.67 bits per heavy atom. The van der Waals surface area contributed by atoms with Crippen molar-refractivity contribution in [2.24, 2.45) is 4.99 Å². The lowest BCUT2D eigenvalue weighted by atomic mass is 10.0. The zero-order chi connectivity index (χ0) is 22.2. The first kappa shape index (κ1) is 24.4. The fraction of sp³-hybridized carbons (Fsp3) is 0.250. The van der Waals surface area contributed by atoms with Gasteiger partial charge in [-0.1, -0.05) is 36.4 Å². The number of aliphatic imine (C=N–C) groups is 1. The van der Waals surface area contributed by atoms with Crippen molar-refractivity contribution in [1.82, 2.24) is 15.6 Å². The summed E-state index contributed by atoms with van der Waals surface area (Å²) in [5, 5.41) is 17.8. The van der Waals surface area contributed by atoms with Crippen molar-refractivity contribution < 1.29 is 9.66 Å². The van der Waals surface area contributed by atoms with Crippen molar-refractivity contribution >= 4 is 35.6 Å². The number of aromatic nitrogens is 1. The third-order valence-electron chi connectivity index (χ3n) is 5.24. The summed E-state index contributed by atoms with van der Waals surface area (Å²) < 4.78 is 5.77. The Morgan fingerprint density at radius 1 is 1.12 bits per heavy atom. The minimum atomic E-state index is -0.401. The number of benzene rings is 2. The Bertz CT molecular complexity index is 1080. The van der Waals surface area contributed by atoms with E-state index in [-0.39, 0.29) is 35.7 Å². The molecule has 1 atom stereocenters. The number of hydrogen-bond donors (Lipinski definition) is 2. The van der Waals surface area contributed by atoms with Crippen molar-refractivity contribution in [3.05, 3.63) is 99.9 Å². The van der Waals surface area contributed by atoms with Crippen LogP contribution in [0.4, 0.5) is 5.69 Å². The molecule has 0 fully saturated rings. The van der Waals surface area contributed by atoms with Crippen LogP contribution in [0.5, 0.6) is 5.75 Å². The molecule has 1 unspecified atom stereocenters. The second-order valence-electron chi connectivity index (χ2n) is 7.46. The monoisotopic (exact) mass is 559 g/mol. The normalized spacial score (nSPS) is 14.9. The lowest BCUT2D eigenvalue weighted by Crippen LogP contribution is -2.42. The van der Waals surface area contributed by atoms with E-state index in [9.17, 15) is 10.1 Å². The van der Waals surface area contributed by atoms with Gasteiger partial charge in [-0.15, -0.1) is 24.0 Å². The van der Waals surface area contributed by atoms with Gasteiger partial charge < -0.3 is 15.4 Å². The molecule has 9 heteroatoms. The summed E-state index contributed by atoms with van der Waals surface area (Å²) in [5.41, 5.74) is 3.08. The zero-order valence-corrected chi connectivity index (χ0v) is 20.3. The molecule has 1 aliphatic rings. The van der Waals surface area contributed by atoms with E-state index in [2.05, 4.69) is 21.7 Å². The number of ether oxygens (including phenoxy) is 1. The highest BCUT2D eigenvalue weighted by Crippen LogP contribution is 2.31. The number of nitrogens with one attached hydrogen (secondary N) is 2. The summed E-state index contributed by atoms with van der Waals surface area (Å²) in [6.45, 7) is 1.72. The van der Waals surface area contributed by atoms with E-state index in [0.717, 1.165) is 35.4 Å². The molecule has 33 heavy (non-hydrogen) atoms. The highest BCUT2D eigenvalue weighted by molar-refractivity contribution is 14.0. The van der Waals surface area contributed by atoms with E-state index in [0.29, 0.717) is 25.7 Å². The summed E-state index contributed by atoms with van der Waals surface area (Å²) in [5.74, 6) is 1.57. The fourth-order valence-corrected chi connectivity index (χ4v) is 3.56. The van der Waals surface area contributed by atoms with Gasteiger partial charge in [-0.2, -0.15) is 0 Å². The van der Waals surface area contributed by atoms with Gasteiger partial charge in [0.15, 0.2) is 5.96 Å². The predicted octanol–water partition coefficient (Wildman–Crippen LogP) is 4.41. The summed E-state index contributed by atoms with van der Waals surface area (Å²) in [7, 11) is 0. The molecule has 1 aliphatic heterocycles. The molecule has 2 aromatic carbocycles. The summed E-state index contributed by atoms with van der Waals surface area (Å²) in [6.07, 6.45) is 3.38. The molecule has 0 spiro atoms. The molecule has 2 heterocycles. The van der Waals surface area contributed by atoms with Crippen LogP contribution < -0.4 is 15.4 Å². The molecular formula is C24H26IN5O3. The van der Waals surface area contributed by atoms with Crippen molar-refractivity contribution in [3.8, 4) is 5.75 Å². The maximum Gasteiger partial charge on any atom is 0.269 e. The van der Waals surface area contributed by atoms with Gasteiger partial charge in [0.2, 0.25) is 0 Å². The molecule has 0 saturated carbocycles. The van der Waals surface area contributed by atoms with Crippen LogP contribution in [0, 0.1) is 10.1 Å². The number of halogens is 1. The Morgan fingerprint density at radius 2 is 1.91 bits per heavy atom. The molecule has 0 amide bonds. The highest BCUT2D eigenvalue weighted by Gasteiger charge is 2.21. The van der Waals surface area contributed by atoms with Gasteiger partial charge >= 0.3 is 0 Å². The lowest BCUT2D eigenvalue weighted by molar-refractivity contribution is -0.384. The number of guanidine groups is 1. The minimum absolute atomic E-state index is 0. The van der Waals surface area contributed by atoms with Crippen molar-refractivity contribution in [2.45, 2.75) is 25.4 Å². The number of rotatable bonds is 7. The number of nitrogens with zero attached hydrogens (tertiary/aromatic N) is 3. The largest absolute Gasteiger partial charge is 0.493 e. The topological polar surface area (TPSA) is 102 Å². The molecule has 0 aliphatic carbocycles. The zero-order valence-electron chi connectivity index (χ0n) is 18.0. The standard InChI is InChI=1S/C24H25N5O3.HI/c30-29(31)20-10-8-18(9-11-20)17-27-24(26-15-12-19-5-3-4-14-25-19)28-22-13-16-32-23-7-2-1-6-21(22)23;/h1-11,14,22H,12-13,15-17H2,(H2,26,27,28);1H. The molecule has 2 N–H and O–H groups in total. The molecule has 1 aromatic heterocycles. The Hall–Kier alpha value is -3.21. The van der Waals surface area contributed by atoms with Crippen LogP contribution in [-0.2, 0) is 13.0 Å². The molecular weight excluding hydrogens is 533 g/mol. The van der Waals surface area contributed by atoms with Crippen LogP contribution in [0.3, 0.4) is 0 Å². The van der Waals surface area contributed by atoms with Crippen LogP contribution in [0.15, 0.2) is 77.9 Å². The number of fused-ring (bicyclic) bond motifs is 1. The summed E-state index contributed by atoms with van der Waals surface area (Å²) in [6, 6.07) is 20.4. The van der Waals surface area contributed by atoms with E-state index in [1.807, 2.05) is 36.4 Å². The molecule has 8 nitrogen and oxygen atoms in total. The Balaban J connectivity index is 0.00000306. The maximum atomic E-state index is 10.9. The third kappa shape index (κ3) is 6.88. The van der Waals surface area contributed by atoms with Crippen LogP contribution >= 0.6 is 24.0 Å². The van der Waals surface area contributed by atoms with Gasteiger partial charge in [0.1, 0.15) is 5.75 Å². The number of nitro benzene ring substituents is 1. The molecule has 0 saturated heterocycles. The minimum Gasteiger partial charge on any atom is -0.493 e. The first-order valence-electron chi connectivity index (χ1n) is 10.6. The second kappa shape index (κ2) is 12.1. The van der Waals surface area contributed by atoms with Crippen molar-refractivity contribution in [2.75, 3.05) is 13.2 Å². The van der Waals surface area contributed by atoms with Gasteiger partial charge in [0.05, 0.1) is 24.1 Å². The third-order valence-corrected chi connectivity index (χ3v) is 5.24. The average molecular weight is 559 g/mol. The van der Waals surface area contributed by atoms with Crippen LogP contribution in [-0.4, -0.2) is 29.0 Å². The maximum absolute atomic E-state index is 10.9. The average Bonchev–Trinajstić information content (AvgIpc) is 2.83.